The monoisotopic (exact) mass is 434 g/mol. The van der Waals surface area contributed by atoms with Gasteiger partial charge in [0.15, 0.2) is 0 Å². The Kier molecular flexibility index (Phi) is 9.14. The van der Waals surface area contributed by atoms with Gasteiger partial charge in [-0.25, -0.2) is 0 Å². The Bertz CT molecular complexity index is 639. The van der Waals surface area contributed by atoms with Crippen LogP contribution in [0, 0.1) is 17.8 Å². The largest absolute Gasteiger partial charge is 0.392 e. The molecule has 0 unspecified atom stereocenters. The molecule has 6 nitrogen and oxygen atoms in total. The topological polar surface area (TPSA) is 82.0 Å². The number of hydrogen-bond acceptors (Lipinski definition) is 5. The molecule has 6 heteroatoms. The molecular weight excluding hydrogens is 392 g/mol. The standard InChI is InChI=1S/C25H42N2O4/c1-3-4-8-25(2,30)9-5-6-21-22-16-19(15-20(22)17-23(21)28)18-26-10-7-24(29)27-11-13-31-14-12-27/h5-6,15,20-23,26,28,30H,3-4,7-14,16-18H2,1-2H3/t20-,21+,22-,23+,25-/m0/s1. The summed E-state index contributed by atoms with van der Waals surface area (Å²) in [5.74, 6) is 1.27. The van der Waals surface area contributed by atoms with Gasteiger partial charge in [0.2, 0.25) is 5.91 Å². The first-order valence-electron chi connectivity index (χ1n) is 12.2. The molecule has 31 heavy (non-hydrogen) atoms. The molecule has 2 aliphatic carbocycles. The van der Waals surface area contributed by atoms with Crippen molar-refractivity contribution in [3.05, 3.63) is 23.8 Å². The number of fused-ring (bicyclic) bond motifs is 1. The molecule has 0 bridgehead atoms. The first-order valence-corrected chi connectivity index (χ1v) is 12.2. The molecule has 1 heterocycles. The van der Waals surface area contributed by atoms with Gasteiger partial charge >= 0.3 is 0 Å². The van der Waals surface area contributed by atoms with Crippen LogP contribution in [0.15, 0.2) is 23.8 Å². The van der Waals surface area contributed by atoms with E-state index in [2.05, 4.69) is 30.5 Å². The van der Waals surface area contributed by atoms with Crippen LogP contribution in [0.5, 0.6) is 0 Å². The van der Waals surface area contributed by atoms with Gasteiger partial charge in [0.25, 0.3) is 0 Å². The summed E-state index contributed by atoms with van der Waals surface area (Å²) in [5, 5.41) is 24.5. The number of carbonyl (C=O) groups is 1. The second-order valence-electron chi connectivity index (χ2n) is 9.89. The Balaban J connectivity index is 1.39. The molecule has 0 aromatic rings. The average molecular weight is 435 g/mol. The van der Waals surface area contributed by atoms with E-state index in [0.29, 0.717) is 57.5 Å². The second kappa shape index (κ2) is 11.6. The number of nitrogens with zero attached hydrogens (tertiary/aromatic N) is 1. The summed E-state index contributed by atoms with van der Waals surface area (Å²) in [6, 6.07) is 0. The van der Waals surface area contributed by atoms with Crippen LogP contribution in [0.2, 0.25) is 0 Å². The fraction of sp³-hybridized carbons (Fsp3) is 0.800. The number of aliphatic hydroxyl groups excluding tert-OH is 1. The van der Waals surface area contributed by atoms with E-state index in [1.165, 1.54) is 5.57 Å². The molecule has 5 atom stereocenters. The van der Waals surface area contributed by atoms with Crippen LogP contribution in [0.4, 0.5) is 0 Å². The molecule has 3 aliphatic rings. The van der Waals surface area contributed by atoms with E-state index < -0.39 is 5.60 Å². The van der Waals surface area contributed by atoms with Crippen LogP contribution < -0.4 is 5.32 Å². The number of allylic oxidation sites excluding steroid dienone is 1. The molecule has 0 spiro atoms. The van der Waals surface area contributed by atoms with Crippen LogP contribution >= 0.6 is 0 Å². The minimum atomic E-state index is -0.656. The molecule has 1 saturated carbocycles. The summed E-state index contributed by atoms with van der Waals surface area (Å²) >= 11 is 0. The number of aliphatic hydroxyl groups is 2. The second-order valence-corrected chi connectivity index (χ2v) is 9.89. The third kappa shape index (κ3) is 7.14. The van der Waals surface area contributed by atoms with Crippen LogP contribution in [0.25, 0.3) is 0 Å². The predicted octanol–water partition coefficient (Wildman–Crippen LogP) is 2.66. The van der Waals surface area contributed by atoms with E-state index in [1.54, 1.807) is 0 Å². The molecule has 1 aliphatic heterocycles. The number of ether oxygens (including phenoxy) is 1. The zero-order valence-electron chi connectivity index (χ0n) is 19.4. The maximum atomic E-state index is 12.2. The number of unbranched alkanes of at least 4 members (excludes halogenated alkanes) is 1. The van der Waals surface area contributed by atoms with E-state index in [0.717, 1.165) is 38.6 Å². The fourth-order valence-electron chi connectivity index (χ4n) is 5.29. The Labute approximate surface area is 187 Å². The fourth-order valence-corrected chi connectivity index (χ4v) is 5.29. The predicted molar refractivity (Wildman–Crippen MR) is 123 cm³/mol. The molecule has 1 saturated heterocycles. The maximum Gasteiger partial charge on any atom is 0.224 e. The highest BCUT2D eigenvalue weighted by molar-refractivity contribution is 5.76. The Morgan fingerprint density at radius 1 is 1.39 bits per heavy atom. The quantitative estimate of drug-likeness (QED) is 0.344. The summed E-state index contributed by atoms with van der Waals surface area (Å²) < 4.78 is 5.30. The van der Waals surface area contributed by atoms with Crippen molar-refractivity contribution in [3.8, 4) is 0 Å². The molecule has 0 aromatic carbocycles. The van der Waals surface area contributed by atoms with Gasteiger partial charge in [-0.15, -0.1) is 0 Å². The van der Waals surface area contributed by atoms with Gasteiger partial charge in [0.1, 0.15) is 0 Å². The van der Waals surface area contributed by atoms with E-state index >= 15 is 0 Å². The van der Waals surface area contributed by atoms with Crippen LogP contribution in [0.1, 0.15) is 58.8 Å². The van der Waals surface area contributed by atoms with E-state index in [1.807, 2.05) is 11.8 Å². The third-order valence-electron chi connectivity index (χ3n) is 7.17. The van der Waals surface area contributed by atoms with Gasteiger partial charge in [0.05, 0.1) is 24.9 Å². The Morgan fingerprint density at radius 3 is 2.90 bits per heavy atom. The normalized spacial score (nSPS) is 30.5. The summed E-state index contributed by atoms with van der Waals surface area (Å²) in [5.41, 5.74) is 0.742. The van der Waals surface area contributed by atoms with E-state index in [4.69, 9.17) is 4.74 Å². The average Bonchev–Trinajstić information content (AvgIpc) is 3.27. The highest BCUT2D eigenvalue weighted by Crippen LogP contribution is 2.47. The first kappa shape index (κ1) is 24.4. The highest BCUT2D eigenvalue weighted by Gasteiger charge is 2.43. The summed E-state index contributed by atoms with van der Waals surface area (Å²) in [6.07, 6.45) is 12.2. The Hall–Kier alpha value is -1.21. The SMILES string of the molecule is CCCC[C@](C)(O)CC=C[C@@H]1[C@H]2CC(CNCCC(=O)N3CCOCC3)=C[C@H]2C[C@H]1O. The summed E-state index contributed by atoms with van der Waals surface area (Å²) in [7, 11) is 0. The molecule has 2 fully saturated rings. The first-order chi connectivity index (χ1) is 14.9. The number of amides is 1. The zero-order chi connectivity index (χ0) is 22.3. The lowest BCUT2D eigenvalue weighted by molar-refractivity contribution is -0.135. The minimum absolute atomic E-state index is 0.170. The van der Waals surface area contributed by atoms with Crippen LogP contribution in [-0.2, 0) is 9.53 Å². The molecule has 0 radical (unpaired) electrons. The minimum Gasteiger partial charge on any atom is -0.392 e. The van der Waals surface area contributed by atoms with Crippen molar-refractivity contribution in [3.63, 3.8) is 0 Å². The number of carbonyl (C=O) groups excluding carboxylic acids is 1. The van der Waals surface area contributed by atoms with Crippen molar-refractivity contribution >= 4 is 5.91 Å². The van der Waals surface area contributed by atoms with E-state index in [9.17, 15) is 15.0 Å². The van der Waals surface area contributed by atoms with Crippen molar-refractivity contribution in [2.24, 2.45) is 17.8 Å². The molecular formula is C25H42N2O4. The molecule has 3 rings (SSSR count). The van der Waals surface area contributed by atoms with Crippen molar-refractivity contribution in [1.29, 1.82) is 0 Å². The molecule has 1 amide bonds. The van der Waals surface area contributed by atoms with Crippen molar-refractivity contribution in [1.82, 2.24) is 10.2 Å². The number of nitrogens with one attached hydrogen (secondary N) is 1. The zero-order valence-corrected chi connectivity index (χ0v) is 19.4. The van der Waals surface area contributed by atoms with Crippen LogP contribution in [-0.4, -0.2) is 72.1 Å². The van der Waals surface area contributed by atoms with Crippen molar-refractivity contribution < 1.29 is 19.7 Å². The van der Waals surface area contributed by atoms with Gasteiger partial charge < -0.3 is 25.2 Å². The molecule has 176 valence electrons. The van der Waals surface area contributed by atoms with Crippen LogP contribution in [0.3, 0.4) is 0 Å². The van der Waals surface area contributed by atoms with Gasteiger partial charge in [-0.05, 0) is 44.4 Å². The lowest BCUT2D eigenvalue weighted by Crippen LogP contribution is -2.41. The number of hydrogen-bond donors (Lipinski definition) is 3. The third-order valence-corrected chi connectivity index (χ3v) is 7.17. The van der Waals surface area contributed by atoms with Gasteiger partial charge in [-0.3, -0.25) is 4.79 Å². The van der Waals surface area contributed by atoms with E-state index in [-0.39, 0.29) is 17.9 Å². The molecule has 0 aromatic heterocycles. The smallest absolute Gasteiger partial charge is 0.224 e. The maximum absolute atomic E-state index is 12.2. The van der Waals surface area contributed by atoms with Gasteiger partial charge in [0, 0.05) is 38.5 Å². The summed E-state index contributed by atoms with van der Waals surface area (Å²) in [6.45, 7) is 8.27. The lowest BCUT2D eigenvalue weighted by Gasteiger charge is -2.26. The number of rotatable bonds is 11. The molecule has 3 N–H and O–H groups in total. The highest BCUT2D eigenvalue weighted by atomic mass is 16.5. The summed E-state index contributed by atoms with van der Waals surface area (Å²) in [4.78, 5) is 14.1. The Morgan fingerprint density at radius 2 is 2.16 bits per heavy atom. The van der Waals surface area contributed by atoms with Gasteiger partial charge in [-0.1, -0.05) is 43.6 Å². The van der Waals surface area contributed by atoms with Gasteiger partial charge in [-0.2, -0.15) is 0 Å². The van der Waals surface area contributed by atoms with Crippen molar-refractivity contribution in [2.45, 2.75) is 70.5 Å². The van der Waals surface area contributed by atoms with Crippen molar-refractivity contribution in [2.75, 3.05) is 39.4 Å². The number of morpholine rings is 1. The lowest BCUT2D eigenvalue weighted by atomic mass is 9.88.